The van der Waals surface area contributed by atoms with Gasteiger partial charge < -0.3 is 14.6 Å². The number of amides is 1. The highest BCUT2D eigenvalue weighted by Crippen LogP contribution is 2.16. The Morgan fingerprint density at radius 3 is 2.53 bits per heavy atom. The van der Waals surface area contributed by atoms with Crippen molar-refractivity contribution in [3.05, 3.63) is 109 Å². The molecule has 0 spiro atoms. The van der Waals surface area contributed by atoms with E-state index in [1.807, 2.05) is 71.4 Å². The van der Waals surface area contributed by atoms with Gasteiger partial charge in [-0.2, -0.15) is 0 Å². The Balaban J connectivity index is 1.29. The van der Waals surface area contributed by atoms with Crippen LogP contribution in [0.5, 0.6) is 5.75 Å². The van der Waals surface area contributed by atoms with Crippen molar-refractivity contribution in [3.8, 4) is 11.4 Å². The number of hydrogen-bond donors (Lipinski definition) is 1. The molecule has 0 atom stereocenters. The minimum atomic E-state index is -0.192. The maximum atomic E-state index is 12.2. The number of carbonyl (C=O) groups is 1. The molecule has 4 rings (SSSR count). The molecule has 0 bridgehead atoms. The van der Waals surface area contributed by atoms with Gasteiger partial charge in [0.1, 0.15) is 12.4 Å². The largest absolute Gasteiger partial charge is 0.489 e. The molecule has 4 aromatic rings. The number of benzene rings is 2. The van der Waals surface area contributed by atoms with Crippen molar-refractivity contribution in [1.29, 1.82) is 0 Å². The van der Waals surface area contributed by atoms with E-state index in [0.717, 1.165) is 28.3 Å². The summed E-state index contributed by atoms with van der Waals surface area (Å²) in [5.41, 5.74) is 3.63. The Morgan fingerprint density at radius 2 is 1.83 bits per heavy atom. The van der Waals surface area contributed by atoms with Gasteiger partial charge in [-0.1, -0.05) is 18.2 Å². The second kappa shape index (κ2) is 9.34. The maximum Gasteiger partial charge on any atom is 0.248 e. The highest BCUT2D eigenvalue weighted by atomic mass is 16.5. The average molecular weight is 396 g/mol. The summed E-state index contributed by atoms with van der Waals surface area (Å²) < 4.78 is 7.64. The lowest BCUT2D eigenvalue weighted by Crippen LogP contribution is -2.07. The third kappa shape index (κ3) is 5.20. The lowest BCUT2D eigenvalue weighted by molar-refractivity contribution is -0.111. The average Bonchev–Trinajstić information content (AvgIpc) is 3.33. The van der Waals surface area contributed by atoms with Gasteiger partial charge in [0.25, 0.3) is 0 Å². The van der Waals surface area contributed by atoms with Crippen LogP contribution in [0.25, 0.3) is 11.8 Å². The Hall–Kier alpha value is -4.19. The first-order valence-corrected chi connectivity index (χ1v) is 9.45. The lowest BCUT2D eigenvalue weighted by Gasteiger charge is -2.06. The van der Waals surface area contributed by atoms with Gasteiger partial charge in [0.2, 0.25) is 5.91 Å². The number of rotatable bonds is 7. The van der Waals surface area contributed by atoms with Crippen LogP contribution in [0.4, 0.5) is 5.69 Å². The Morgan fingerprint density at radius 1 is 1.00 bits per heavy atom. The van der Waals surface area contributed by atoms with Crippen molar-refractivity contribution in [3.63, 3.8) is 0 Å². The summed E-state index contributed by atoms with van der Waals surface area (Å²) in [6.45, 7) is 0.463. The quantitative estimate of drug-likeness (QED) is 0.467. The molecule has 148 valence electrons. The Bertz CT molecular complexity index is 1100. The SMILES string of the molecule is O=C(/C=C/c1ccc(OCc2cccnc2)cc1)Nc1ccc(-n2ccnc2)cc1. The number of ether oxygens (including phenoxy) is 1. The molecule has 0 fully saturated rings. The standard InChI is InChI=1S/C24H20N4O2/c29-24(27-21-6-8-22(9-7-21)28-15-14-26-18-28)12-5-19-3-10-23(11-4-19)30-17-20-2-1-13-25-16-20/h1-16,18H,17H2,(H,27,29)/b12-5+. The molecule has 30 heavy (non-hydrogen) atoms. The second-order valence-electron chi connectivity index (χ2n) is 6.56. The number of anilines is 1. The first-order chi connectivity index (χ1) is 14.8. The molecular formula is C24H20N4O2. The van der Waals surface area contributed by atoms with E-state index in [4.69, 9.17) is 4.74 Å². The van der Waals surface area contributed by atoms with Crippen LogP contribution in [-0.2, 0) is 11.4 Å². The van der Waals surface area contributed by atoms with E-state index in [1.165, 1.54) is 6.08 Å². The fraction of sp³-hybridized carbons (Fsp3) is 0.0417. The number of carbonyl (C=O) groups excluding carboxylic acids is 1. The molecule has 6 nitrogen and oxygen atoms in total. The van der Waals surface area contributed by atoms with Gasteiger partial charge in [-0.05, 0) is 54.1 Å². The topological polar surface area (TPSA) is 69.0 Å². The fourth-order valence-electron chi connectivity index (χ4n) is 2.81. The van der Waals surface area contributed by atoms with Gasteiger partial charge in [-0.25, -0.2) is 4.98 Å². The molecule has 0 radical (unpaired) electrons. The summed E-state index contributed by atoms with van der Waals surface area (Å²) in [4.78, 5) is 20.3. The van der Waals surface area contributed by atoms with Crippen molar-refractivity contribution in [1.82, 2.24) is 14.5 Å². The van der Waals surface area contributed by atoms with Crippen LogP contribution in [0, 0.1) is 0 Å². The summed E-state index contributed by atoms with van der Waals surface area (Å²) in [5.74, 6) is 0.570. The highest BCUT2D eigenvalue weighted by Gasteiger charge is 2.00. The third-order valence-corrected chi connectivity index (χ3v) is 4.37. The molecule has 2 aromatic carbocycles. The van der Waals surface area contributed by atoms with E-state index in [-0.39, 0.29) is 5.91 Å². The molecule has 0 aliphatic carbocycles. The van der Waals surface area contributed by atoms with E-state index >= 15 is 0 Å². The number of hydrogen-bond acceptors (Lipinski definition) is 4. The highest BCUT2D eigenvalue weighted by molar-refractivity contribution is 6.01. The summed E-state index contributed by atoms with van der Waals surface area (Å²) in [5, 5.41) is 2.85. The van der Waals surface area contributed by atoms with Gasteiger partial charge in [-0.3, -0.25) is 9.78 Å². The first-order valence-electron chi connectivity index (χ1n) is 9.45. The van der Waals surface area contributed by atoms with Gasteiger partial charge in [0, 0.05) is 47.8 Å². The van der Waals surface area contributed by atoms with Gasteiger partial charge in [0.15, 0.2) is 0 Å². The first kappa shape index (κ1) is 19.1. The molecule has 0 saturated carbocycles. The van der Waals surface area contributed by atoms with E-state index in [1.54, 1.807) is 31.0 Å². The fourth-order valence-corrected chi connectivity index (χ4v) is 2.81. The number of nitrogens with zero attached hydrogens (tertiary/aromatic N) is 3. The number of aromatic nitrogens is 3. The zero-order valence-corrected chi connectivity index (χ0v) is 16.2. The predicted molar refractivity (Wildman–Crippen MR) is 116 cm³/mol. The minimum absolute atomic E-state index is 0.192. The molecule has 0 saturated heterocycles. The molecule has 6 heteroatoms. The molecule has 2 aromatic heterocycles. The molecule has 1 N–H and O–H groups in total. The van der Waals surface area contributed by atoms with Crippen molar-refractivity contribution in [2.24, 2.45) is 0 Å². The number of nitrogens with one attached hydrogen (secondary N) is 1. The van der Waals surface area contributed by atoms with Gasteiger partial charge in [-0.15, -0.1) is 0 Å². The summed E-state index contributed by atoms with van der Waals surface area (Å²) >= 11 is 0. The van der Waals surface area contributed by atoms with Crippen LogP contribution >= 0.6 is 0 Å². The van der Waals surface area contributed by atoms with E-state index in [0.29, 0.717) is 6.61 Å². The molecule has 0 aliphatic rings. The van der Waals surface area contributed by atoms with Crippen LogP contribution in [-0.4, -0.2) is 20.4 Å². The Labute approximate surface area is 174 Å². The van der Waals surface area contributed by atoms with Crippen LogP contribution in [0.1, 0.15) is 11.1 Å². The zero-order valence-electron chi connectivity index (χ0n) is 16.2. The molecule has 1 amide bonds. The second-order valence-corrected chi connectivity index (χ2v) is 6.56. The van der Waals surface area contributed by atoms with E-state index in [9.17, 15) is 4.79 Å². The van der Waals surface area contributed by atoms with Crippen molar-refractivity contribution < 1.29 is 9.53 Å². The summed E-state index contributed by atoms with van der Waals surface area (Å²) in [6.07, 6.45) is 12.1. The molecule has 0 aliphatic heterocycles. The van der Waals surface area contributed by atoms with Crippen LogP contribution in [0.15, 0.2) is 97.9 Å². The Kier molecular flexibility index (Phi) is 5.96. The van der Waals surface area contributed by atoms with Crippen LogP contribution in [0.3, 0.4) is 0 Å². The van der Waals surface area contributed by atoms with Crippen LogP contribution in [0.2, 0.25) is 0 Å². The van der Waals surface area contributed by atoms with Crippen molar-refractivity contribution in [2.45, 2.75) is 6.61 Å². The molecule has 0 unspecified atom stereocenters. The monoisotopic (exact) mass is 396 g/mol. The minimum Gasteiger partial charge on any atom is -0.489 e. The van der Waals surface area contributed by atoms with E-state index < -0.39 is 0 Å². The van der Waals surface area contributed by atoms with Gasteiger partial charge in [0.05, 0.1) is 6.33 Å². The maximum absolute atomic E-state index is 12.2. The molecular weight excluding hydrogens is 376 g/mol. The number of pyridine rings is 1. The van der Waals surface area contributed by atoms with Crippen molar-refractivity contribution >= 4 is 17.7 Å². The van der Waals surface area contributed by atoms with E-state index in [2.05, 4.69) is 15.3 Å². The smallest absolute Gasteiger partial charge is 0.248 e. The normalized spacial score (nSPS) is 10.8. The molecule has 2 heterocycles. The summed E-state index contributed by atoms with van der Waals surface area (Å²) in [7, 11) is 0. The zero-order chi connectivity index (χ0) is 20.6. The number of imidazole rings is 1. The third-order valence-electron chi connectivity index (χ3n) is 4.37. The summed E-state index contributed by atoms with van der Waals surface area (Å²) in [6, 6.07) is 19.0. The van der Waals surface area contributed by atoms with Crippen molar-refractivity contribution in [2.75, 3.05) is 5.32 Å². The van der Waals surface area contributed by atoms with Gasteiger partial charge >= 0.3 is 0 Å². The van der Waals surface area contributed by atoms with Crippen LogP contribution < -0.4 is 10.1 Å². The lowest BCUT2D eigenvalue weighted by atomic mass is 10.2. The predicted octanol–water partition coefficient (Wildman–Crippen LogP) is 4.50.